The molecule has 17 heavy (non-hydrogen) atoms. The minimum Gasteiger partial charge on any atom is -0.491 e. The first-order chi connectivity index (χ1) is 8.20. The van der Waals surface area contributed by atoms with Gasteiger partial charge in [-0.2, -0.15) is 11.3 Å². The maximum Gasteiger partial charge on any atom is 0.120 e. The maximum absolute atomic E-state index is 5.72. The van der Waals surface area contributed by atoms with Crippen LogP contribution in [0, 0.1) is 0 Å². The number of hydrogen-bond donors (Lipinski definition) is 0. The summed E-state index contributed by atoms with van der Waals surface area (Å²) in [6, 6.07) is 8.25. The van der Waals surface area contributed by atoms with Crippen molar-refractivity contribution in [2.45, 2.75) is 20.0 Å². The predicted octanol–water partition coefficient (Wildman–Crippen LogP) is 4.85. The number of hydrogen-bond acceptors (Lipinski definition) is 2. The van der Waals surface area contributed by atoms with Crippen LogP contribution in [-0.2, 0) is 0 Å². The van der Waals surface area contributed by atoms with Crippen molar-refractivity contribution in [1.29, 1.82) is 0 Å². The molecule has 88 valence electrons. The molecule has 0 radical (unpaired) electrons. The first-order valence-corrected chi connectivity index (χ1v) is 6.60. The fourth-order valence-electron chi connectivity index (χ4n) is 1.73. The van der Waals surface area contributed by atoms with Gasteiger partial charge in [0, 0.05) is 0 Å². The van der Waals surface area contributed by atoms with Crippen molar-refractivity contribution in [2.24, 2.45) is 0 Å². The van der Waals surface area contributed by atoms with Gasteiger partial charge in [-0.1, -0.05) is 18.7 Å². The van der Waals surface area contributed by atoms with E-state index in [9.17, 15) is 0 Å². The van der Waals surface area contributed by atoms with Crippen LogP contribution in [0.1, 0.15) is 19.4 Å². The molecular formula is C15H16OS. The summed E-state index contributed by atoms with van der Waals surface area (Å²) in [6.07, 6.45) is 2.08. The smallest absolute Gasteiger partial charge is 0.120 e. The molecule has 0 aliphatic carbocycles. The maximum atomic E-state index is 5.72. The van der Waals surface area contributed by atoms with Crippen LogP contribution in [0.4, 0.5) is 0 Å². The highest BCUT2D eigenvalue weighted by molar-refractivity contribution is 7.08. The normalized spacial score (nSPS) is 10.5. The highest BCUT2D eigenvalue weighted by Crippen LogP contribution is 2.30. The van der Waals surface area contributed by atoms with Crippen molar-refractivity contribution >= 4 is 17.4 Å². The molecule has 0 atom stereocenters. The summed E-state index contributed by atoms with van der Waals surface area (Å²) in [5, 5.41) is 4.22. The number of ether oxygens (including phenoxy) is 1. The lowest BCUT2D eigenvalue weighted by Gasteiger charge is -2.12. The molecule has 0 fully saturated rings. The van der Waals surface area contributed by atoms with E-state index >= 15 is 0 Å². The van der Waals surface area contributed by atoms with E-state index in [1.807, 2.05) is 26.0 Å². The van der Waals surface area contributed by atoms with Crippen molar-refractivity contribution in [2.75, 3.05) is 0 Å². The molecule has 1 aromatic heterocycles. The summed E-state index contributed by atoms with van der Waals surface area (Å²) in [4.78, 5) is 0. The van der Waals surface area contributed by atoms with Crippen molar-refractivity contribution in [3.05, 3.63) is 47.2 Å². The van der Waals surface area contributed by atoms with E-state index in [0.29, 0.717) is 0 Å². The summed E-state index contributed by atoms with van der Waals surface area (Å²) in [6.45, 7) is 7.92. The Morgan fingerprint density at radius 2 is 2.12 bits per heavy atom. The number of rotatable bonds is 4. The second kappa shape index (κ2) is 5.19. The SMILES string of the molecule is C=Cc1ccc(OC(C)C)cc1-c1ccsc1. The Kier molecular flexibility index (Phi) is 3.64. The molecule has 0 N–H and O–H groups in total. The third-order valence-electron chi connectivity index (χ3n) is 2.45. The van der Waals surface area contributed by atoms with Gasteiger partial charge in [-0.15, -0.1) is 0 Å². The van der Waals surface area contributed by atoms with E-state index in [0.717, 1.165) is 11.3 Å². The van der Waals surface area contributed by atoms with Gasteiger partial charge < -0.3 is 4.74 Å². The van der Waals surface area contributed by atoms with Crippen LogP contribution >= 0.6 is 11.3 Å². The first kappa shape index (κ1) is 11.9. The number of thiophene rings is 1. The fraction of sp³-hybridized carbons (Fsp3) is 0.200. The molecule has 0 bridgehead atoms. The Labute approximate surface area is 106 Å². The van der Waals surface area contributed by atoms with Gasteiger partial charge in [0.05, 0.1) is 6.10 Å². The molecule has 0 aliphatic rings. The third kappa shape index (κ3) is 2.77. The zero-order valence-electron chi connectivity index (χ0n) is 10.1. The topological polar surface area (TPSA) is 9.23 Å². The van der Waals surface area contributed by atoms with Gasteiger partial charge in [0.15, 0.2) is 0 Å². The van der Waals surface area contributed by atoms with Crippen molar-refractivity contribution in [1.82, 2.24) is 0 Å². The Bertz CT molecular complexity index is 498. The van der Waals surface area contributed by atoms with Crippen molar-refractivity contribution < 1.29 is 4.74 Å². The van der Waals surface area contributed by atoms with Gasteiger partial charge in [-0.3, -0.25) is 0 Å². The second-order valence-electron chi connectivity index (χ2n) is 4.13. The van der Waals surface area contributed by atoms with Crippen LogP contribution < -0.4 is 4.74 Å². The molecule has 2 aromatic rings. The first-order valence-electron chi connectivity index (χ1n) is 5.66. The average molecular weight is 244 g/mol. The minimum atomic E-state index is 0.194. The largest absolute Gasteiger partial charge is 0.491 e. The Morgan fingerprint density at radius 1 is 1.29 bits per heavy atom. The zero-order chi connectivity index (χ0) is 12.3. The highest BCUT2D eigenvalue weighted by Gasteiger charge is 2.06. The zero-order valence-corrected chi connectivity index (χ0v) is 11.0. The average Bonchev–Trinajstić information content (AvgIpc) is 2.81. The monoisotopic (exact) mass is 244 g/mol. The van der Waals surface area contributed by atoms with Crippen LogP contribution in [0.3, 0.4) is 0 Å². The molecule has 0 saturated carbocycles. The molecular weight excluding hydrogens is 228 g/mol. The molecule has 2 heteroatoms. The summed E-state index contributed by atoms with van der Waals surface area (Å²) in [7, 11) is 0. The van der Waals surface area contributed by atoms with E-state index in [4.69, 9.17) is 4.74 Å². The third-order valence-corrected chi connectivity index (χ3v) is 3.13. The molecule has 2 rings (SSSR count). The van der Waals surface area contributed by atoms with Crippen molar-refractivity contribution in [3.63, 3.8) is 0 Å². The molecule has 0 spiro atoms. The Balaban J connectivity index is 2.43. The lowest BCUT2D eigenvalue weighted by atomic mass is 10.0. The molecule has 1 aromatic carbocycles. The van der Waals surface area contributed by atoms with E-state index in [2.05, 4.69) is 35.5 Å². The highest BCUT2D eigenvalue weighted by atomic mass is 32.1. The Morgan fingerprint density at radius 3 is 2.71 bits per heavy atom. The van der Waals surface area contributed by atoms with E-state index in [-0.39, 0.29) is 6.10 Å². The van der Waals surface area contributed by atoms with Gasteiger partial charge in [0.1, 0.15) is 5.75 Å². The van der Waals surface area contributed by atoms with Gasteiger partial charge in [-0.25, -0.2) is 0 Å². The van der Waals surface area contributed by atoms with E-state index in [1.54, 1.807) is 11.3 Å². The van der Waals surface area contributed by atoms with Crippen LogP contribution in [0.5, 0.6) is 5.75 Å². The summed E-state index contributed by atoms with van der Waals surface area (Å²) >= 11 is 1.70. The van der Waals surface area contributed by atoms with Crippen LogP contribution in [-0.4, -0.2) is 6.10 Å². The standard InChI is InChI=1S/C15H16OS/c1-4-12-5-6-14(16-11(2)3)9-15(12)13-7-8-17-10-13/h4-11H,1H2,2-3H3. The minimum absolute atomic E-state index is 0.194. The molecule has 0 unspecified atom stereocenters. The summed E-state index contributed by atoms with van der Waals surface area (Å²) in [5.41, 5.74) is 3.54. The van der Waals surface area contributed by atoms with Gasteiger partial charge in [0.25, 0.3) is 0 Å². The summed E-state index contributed by atoms with van der Waals surface area (Å²) in [5.74, 6) is 0.909. The second-order valence-corrected chi connectivity index (χ2v) is 4.91. The Hall–Kier alpha value is -1.54. The van der Waals surface area contributed by atoms with E-state index in [1.165, 1.54) is 11.1 Å². The van der Waals surface area contributed by atoms with Crippen LogP contribution in [0.15, 0.2) is 41.6 Å². The fourth-order valence-corrected chi connectivity index (χ4v) is 2.38. The van der Waals surface area contributed by atoms with Crippen LogP contribution in [0.2, 0.25) is 0 Å². The summed E-state index contributed by atoms with van der Waals surface area (Å²) < 4.78 is 5.72. The molecule has 1 nitrogen and oxygen atoms in total. The molecule has 0 saturated heterocycles. The van der Waals surface area contributed by atoms with E-state index < -0.39 is 0 Å². The number of benzene rings is 1. The van der Waals surface area contributed by atoms with Gasteiger partial charge in [-0.05, 0) is 59.5 Å². The molecule has 0 aliphatic heterocycles. The van der Waals surface area contributed by atoms with Gasteiger partial charge >= 0.3 is 0 Å². The predicted molar refractivity (Wildman–Crippen MR) is 75.6 cm³/mol. The lowest BCUT2D eigenvalue weighted by molar-refractivity contribution is 0.242. The lowest BCUT2D eigenvalue weighted by Crippen LogP contribution is -2.05. The van der Waals surface area contributed by atoms with Crippen molar-refractivity contribution in [3.8, 4) is 16.9 Å². The quantitative estimate of drug-likeness (QED) is 0.747. The molecule has 1 heterocycles. The molecule has 0 amide bonds. The van der Waals surface area contributed by atoms with Crippen LogP contribution in [0.25, 0.3) is 17.2 Å². The van der Waals surface area contributed by atoms with Gasteiger partial charge in [0.2, 0.25) is 0 Å².